The third-order valence-electron chi connectivity index (χ3n) is 4.38. The number of aliphatic hydroxyl groups excluding tert-OH is 1. The maximum Gasteiger partial charge on any atom is 0.266 e. The summed E-state index contributed by atoms with van der Waals surface area (Å²) in [6.07, 6.45) is 0.290. The Morgan fingerprint density at radius 2 is 1.91 bits per heavy atom. The molecule has 0 aliphatic carbocycles. The average molecular weight is 313 g/mol. The van der Waals surface area contributed by atoms with E-state index in [2.05, 4.69) is 16.1 Å². The van der Waals surface area contributed by atoms with Crippen LogP contribution in [0, 0.1) is 13.8 Å². The van der Waals surface area contributed by atoms with E-state index in [0.717, 1.165) is 40.9 Å². The summed E-state index contributed by atoms with van der Waals surface area (Å²) in [6, 6.07) is 7.84. The van der Waals surface area contributed by atoms with Crippen LogP contribution in [-0.2, 0) is 20.0 Å². The highest BCUT2D eigenvalue weighted by molar-refractivity contribution is 5.30. The summed E-state index contributed by atoms with van der Waals surface area (Å²) in [7, 11) is 1.68. The van der Waals surface area contributed by atoms with Crippen molar-refractivity contribution in [2.45, 2.75) is 32.9 Å². The molecular formula is C18H23N3O2. The predicted molar refractivity (Wildman–Crippen MR) is 89.3 cm³/mol. The highest BCUT2D eigenvalue weighted by atomic mass is 16.3. The van der Waals surface area contributed by atoms with Crippen molar-refractivity contribution in [3.8, 4) is 0 Å². The first-order valence-corrected chi connectivity index (χ1v) is 7.97. The van der Waals surface area contributed by atoms with Crippen molar-refractivity contribution in [2.75, 3.05) is 13.1 Å². The first kappa shape index (κ1) is 15.9. The van der Waals surface area contributed by atoms with Gasteiger partial charge in [0.25, 0.3) is 5.56 Å². The number of β-amino-alcohol motifs (C(OH)–C–C–N with tert-alkyl or cyclic N) is 1. The molecule has 0 saturated heterocycles. The summed E-state index contributed by atoms with van der Waals surface area (Å²) in [4.78, 5) is 13.9. The molecule has 5 heteroatoms. The fourth-order valence-electron chi connectivity index (χ4n) is 3.26. The first-order valence-electron chi connectivity index (χ1n) is 7.97. The molecule has 23 heavy (non-hydrogen) atoms. The number of aromatic nitrogens is 2. The van der Waals surface area contributed by atoms with Crippen molar-refractivity contribution < 1.29 is 5.11 Å². The highest BCUT2D eigenvalue weighted by Crippen LogP contribution is 2.21. The van der Waals surface area contributed by atoms with Crippen LogP contribution in [0.4, 0.5) is 0 Å². The zero-order chi connectivity index (χ0) is 16.6. The third kappa shape index (κ3) is 3.51. The minimum Gasteiger partial charge on any atom is -0.387 e. The van der Waals surface area contributed by atoms with Crippen LogP contribution in [0.2, 0.25) is 0 Å². The maximum absolute atomic E-state index is 11.7. The molecule has 3 rings (SSSR count). The quantitative estimate of drug-likeness (QED) is 0.933. The molecule has 0 bridgehead atoms. The predicted octanol–water partition coefficient (Wildman–Crippen LogP) is 1.49. The van der Waals surface area contributed by atoms with E-state index >= 15 is 0 Å². The maximum atomic E-state index is 11.7. The zero-order valence-corrected chi connectivity index (χ0v) is 13.9. The lowest BCUT2D eigenvalue weighted by Crippen LogP contribution is -2.36. The Labute approximate surface area is 136 Å². The van der Waals surface area contributed by atoms with Gasteiger partial charge in [0.2, 0.25) is 0 Å². The summed E-state index contributed by atoms with van der Waals surface area (Å²) >= 11 is 0. The number of nitrogens with zero attached hydrogens (tertiary/aromatic N) is 3. The van der Waals surface area contributed by atoms with Gasteiger partial charge in [-0.2, -0.15) is 5.10 Å². The van der Waals surface area contributed by atoms with Gasteiger partial charge in [-0.15, -0.1) is 0 Å². The number of hydrogen-bond acceptors (Lipinski definition) is 4. The van der Waals surface area contributed by atoms with Gasteiger partial charge in [0.15, 0.2) is 0 Å². The standard InChI is InChI=1S/C18H23N3O2/c1-12-6-13(2)8-14(7-12)17(22)11-21-5-4-16-15(10-21)9-18(23)20(3)19-16/h6-9,17,22H,4-5,10-11H2,1-3H3. The van der Waals surface area contributed by atoms with Crippen LogP contribution in [0.3, 0.4) is 0 Å². The van der Waals surface area contributed by atoms with Crippen LogP contribution in [-0.4, -0.2) is 32.9 Å². The summed E-state index contributed by atoms with van der Waals surface area (Å²) in [5.41, 5.74) is 5.17. The molecule has 0 saturated carbocycles. The molecule has 0 radical (unpaired) electrons. The number of aliphatic hydroxyl groups is 1. The molecule has 5 nitrogen and oxygen atoms in total. The summed E-state index contributed by atoms with van der Waals surface area (Å²) in [5.74, 6) is 0. The lowest BCUT2D eigenvalue weighted by molar-refractivity contribution is 0.105. The molecule has 1 aromatic heterocycles. The van der Waals surface area contributed by atoms with E-state index in [1.807, 2.05) is 26.0 Å². The second kappa shape index (κ2) is 6.26. The molecule has 1 aliphatic rings. The Kier molecular flexibility index (Phi) is 4.33. The van der Waals surface area contributed by atoms with Crippen LogP contribution < -0.4 is 5.56 Å². The molecule has 1 aliphatic heterocycles. The fraction of sp³-hybridized carbons (Fsp3) is 0.444. The van der Waals surface area contributed by atoms with Gasteiger partial charge in [0.05, 0.1) is 11.8 Å². The van der Waals surface area contributed by atoms with Crippen molar-refractivity contribution in [1.82, 2.24) is 14.7 Å². The van der Waals surface area contributed by atoms with Gasteiger partial charge in [-0.3, -0.25) is 9.69 Å². The molecule has 2 heterocycles. The van der Waals surface area contributed by atoms with Crippen LogP contribution in [0.25, 0.3) is 0 Å². The Bertz CT molecular complexity index is 762. The van der Waals surface area contributed by atoms with Crippen molar-refractivity contribution in [1.29, 1.82) is 0 Å². The van der Waals surface area contributed by atoms with Crippen molar-refractivity contribution in [2.24, 2.45) is 7.05 Å². The van der Waals surface area contributed by atoms with Gasteiger partial charge in [-0.25, -0.2) is 4.68 Å². The normalized spacial score (nSPS) is 16.2. The van der Waals surface area contributed by atoms with Crippen LogP contribution in [0.1, 0.15) is 34.1 Å². The Morgan fingerprint density at radius 3 is 2.61 bits per heavy atom. The minimum absolute atomic E-state index is 0.0829. The summed E-state index contributed by atoms with van der Waals surface area (Å²) in [6.45, 7) is 6.17. The van der Waals surface area contributed by atoms with Crippen LogP contribution in [0.5, 0.6) is 0 Å². The Morgan fingerprint density at radius 1 is 1.22 bits per heavy atom. The minimum atomic E-state index is -0.519. The molecule has 1 unspecified atom stereocenters. The summed E-state index contributed by atoms with van der Waals surface area (Å²) < 4.78 is 1.39. The van der Waals surface area contributed by atoms with Gasteiger partial charge >= 0.3 is 0 Å². The van der Waals surface area contributed by atoms with E-state index in [0.29, 0.717) is 13.1 Å². The first-order chi connectivity index (χ1) is 10.9. The average Bonchev–Trinajstić information content (AvgIpc) is 2.47. The van der Waals surface area contributed by atoms with Crippen LogP contribution in [0.15, 0.2) is 29.1 Å². The number of fused-ring (bicyclic) bond motifs is 1. The van der Waals surface area contributed by atoms with E-state index in [1.165, 1.54) is 4.68 Å². The monoisotopic (exact) mass is 313 g/mol. The lowest BCUT2D eigenvalue weighted by Gasteiger charge is -2.30. The van der Waals surface area contributed by atoms with E-state index in [9.17, 15) is 9.90 Å². The fourth-order valence-corrected chi connectivity index (χ4v) is 3.26. The number of hydrogen-bond donors (Lipinski definition) is 1. The van der Waals surface area contributed by atoms with Crippen molar-refractivity contribution in [3.05, 3.63) is 62.6 Å². The van der Waals surface area contributed by atoms with Crippen molar-refractivity contribution >= 4 is 0 Å². The Hall–Kier alpha value is -1.98. The van der Waals surface area contributed by atoms with Gasteiger partial charge in [-0.1, -0.05) is 29.3 Å². The molecule has 2 aromatic rings. The Balaban J connectivity index is 1.74. The van der Waals surface area contributed by atoms with Gasteiger partial charge in [0.1, 0.15) is 0 Å². The molecule has 0 spiro atoms. The molecule has 0 amide bonds. The summed E-state index contributed by atoms with van der Waals surface area (Å²) in [5, 5.41) is 14.9. The van der Waals surface area contributed by atoms with Crippen LogP contribution >= 0.6 is 0 Å². The molecule has 122 valence electrons. The van der Waals surface area contributed by atoms with E-state index in [1.54, 1.807) is 13.1 Å². The molecule has 1 N–H and O–H groups in total. The van der Waals surface area contributed by atoms with Gasteiger partial charge in [-0.05, 0) is 25.0 Å². The molecular weight excluding hydrogens is 290 g/mol. The molecule has 1 atom stereocenters. The highest BCUT2D eigenvalue weighted by Gasteiger charge is 2.21. The van der Waals surface area contributed by atoms with E-state index < -0.39 is 6.10 Å². The smallest absolute Gasteiger partial charge is 0.266 e. The largest absolute Gasteiger partial charge is 0.387 e. The van der Waals surface area contributed by atoms with E-state index in [4.69, 9.17) is 0 Å². The zero-order valence-electron chi connectivity index (χ0n) is 13.9. The number of aryl methyl sites for hydroxylation is 3. The van der Waals surface area contributed by atoms with E-state index in [-0.39, 0.29) is 5.56 Å². The number of rotatable bonds is 3. The SMILES string of the molecule is Cc1cc(C)cc(C(O)CN2CCc3nn(C)c(=O)cc3C2)c1. The van der Waals surface area contributed by atoms with Gasteiger partial charge in [0, 0.05) is 39.2 Å². The number of benzene rings is 1. The second-order valence-corrected chi connectivity index (χ2v) is 6.50. The van der Waals surface area contributed by atoms with Gasteiger partial charge < -0.3 is 5.11 Å². The molecule has 1 aromatic carbocycles. The third-order valence-corrected chi connectivity index (χ3v) is 4.38. The topological polar surface area (TPSA) is 58.4 Å². The molecule has 0 fully saturated rings. The lowest BCUT2D eigenvalue weighted by atomic mass is 10.0. The second-order valence-electron chi connectivity index (χ2n) is 6.50. The van der Waals surface area contributed by atoms with Crippen molar-refractivity contribution in [3.63, 3.8) is 0 Å².